The number of carbonyl (C=O) groups excluding carboxylic acids is 2. The maximum atomic E-state index is 12.0. The first-order chi connectivity index (χ1) is 10.1. The van der Waals surface area contributed by atoms with E-state index in [9.17, 15) is 9.59 Å². The maximum absolute atomic E-state index is 12.0. The van der Waals surface area contributed by atoms with Crippen molar-refractivity contribution in [3.8, 4) is 0 Å². The quantitative estimate of drug-likeness (QED) is 0.858. The summed E-state index contributed by atoms with van der Waals surface area (Å²) < 4.78 is 4.94. The van der Waals surface area contributed by atoms with Crippen molar-refractivity contribution in [1.82, 2.24) is 0 Å². The number of para-hydroxylation sites is 1. The molecular formula is C17H17NO3. The maximum Gasteiger partial charge on any atom is 0.302 e. The lowest BCUT2D eigenvalue weighted by molar-refractivity contribution is -0.142. The number of ether oxygens (including phenoxy) is 1. The van der Waals surface area contributed by atoms with Gasteiger partial charge >= 0.3 is 5.97 Å². The van der Waals surface area contributed by atoms with E-state index >= 15 is 0 Å². The molecule has 0 aromatic heterocycles. The van der Waals surface area contributed by atoms with Gasteiger partial charge < -0.3 is 10.1 Å². The fourth-order valence-electron chi connectivity index (χ4n) is 1.93. The Kier molecular flexibility index (Phi) is 5.10. The summed E-state index contributed by atoms with van der Waals surface area (Å²) >= 11 is 0. The van der Waals surface area contributed by atoms with Crippen LogP contribution in [0, 0.1) is 0 Å². The van der Waals surface area contributed by atoms with Crippen LogP contribution < -0.4 is 5.32 Å². The average Bonchev–Trinajstić information content (AvgIpc) is 2.46. The molecule has 0 unspecified atom stereocenters. The van der Waals surface area contributed by atoms with E-state index in [2.05, 4.69) is 5.32 Å². The highest BCUT2D eigenvalue weighted by atomic mass is 16.5. The Hall–Kier alpha value is -2.62. The third kappa shape index (κ3) is 5.10. The molecule has 0 aliphatic rings. The first kappa shape index (κ1) is 14.8. The van der Waals surface area contributed by atoms with Crippen LogP contribution in [-0.4, -0.2) is 11.9 Å². The fraction of sp³-hybridized carbons (Fsp3) is 0.176. The van der Waals surface area contributed by atoms with Crippen LogP contribution in [0.2, 0.25) is 0 Å². The van der Waals surface area contributed by atoms with E-state index in [1.807, 2.05) is 54.6 Å². The van der Waals surface area contributed by atoms with Crippen molar-refractivity contribution in [1.29, 1.82) is 0 Å². The van der Waals surface area contributed by atoms with Gasteiger partial charge in [0.2, 0.25) is 5.91 Å². The van der Waals surface area contributed by atoms with Crippen molar-refractivity contribution in [2.24, 2.45) is 0 Å². The van der Waals surface area contributed by atoms with Crippen molar-refractivity contribution in [3.63, 3.8) is 0 Å². The highest BCUT2D eigenvalue weighted by molar-refractivity contribution is 5.92. The van der Waals surface area contributed by atoms with Crippen LogP contribution in [0.3, 0.4) is 0 Å². The van der Waals surface area contributed by atoms with Crippen LogP contribution in [0.5, 0.6) is 0 Å². The lowest BCUT2D eigenvalue weighted by atomic mass is 10.1. The summed E-state index contributed by atoms with van der Waals surface area (Å²) in [5, 5.41) is 2.84. The van der Waals surface area contributed by atoms with E-state index in [0.29, 0.717) is 0 Å². The molecule has 1 N–H and O–H groups in total. The van der Waals surface area contributed by atoms with Crippen LogP contribution in [0.4, 0.5) is 5.69 Å². The molecule has 0 atom stereocenters. The molecule has 2 aromatic carbocycles. The molecule has 0 aliphatic heterocycles. The van der Waals surface area contributed by atoms with Gasteiger partial charge in [0.25, 0.3) is 0 Å². The van der Waals surface area contributed by atoms with E-state index in [1.54, 1.807) is 0 Å². The molecule has 4 heteroatoms. The molecule has 0 radical (unpaired) electrons. The third-order valence-electron chi connectivity index (χ3n) is 2.86. The molecular weight excluding hydrogens is 266 g/mol. The lowest BCUT2D eigenvalue weighted by Crippen LogP contribution is -2.14. The topological polar surface area (TPSA) is 55.4 Å². The minimum atomic E-state index is -0.317. The summed E-state index contributed by atoms with van der Waals surface area (Å²) in [5.41, 5.74) is 2.53. The molecule has 0 heterocycles. The Labute approximate surface area is 123 Å². The molecule has 0 saturated heterocycles. The highest BCUT2D eigenvalue weighted by Crippen LogP contribution is 2.10. The van der Waals surface area contributed by atoms with Gasteiger partial charge in [-0.05, 0) is 23.3 Å². The molecule has 2 rings (SSSR count). The summed E-state index contributed by atoms with van der Waals surface area (Å²) in [6.45, 7) is 1.60. The number of benzene rings is 2. The van der Waals surface area contributed by atoms with E-state index in [0.717, 1.165) is 16.8 Å². The number of amides is 1. The molecule has 0 spiro atoms. The van der Waals surface area contributed by atoms with Gasteiger partial charge in [0.05, 0.1) is 6.42 Å². The molecule has 0 aliphatic carbocycles. The number of hydrogen-bond acceptors (Lipinski definition) is 3. The van der Waals surface area contributed by atoms with Gasteiger partial charge in [-0.3, -0.25) is 9.59 Å². The van der Waals surface area contributed by atoms with Gasteiger partial charge in [-0.2, -0.15) is 0 Å². The second-order valence-electron chi connectivity index (χ2n) is 4.69. The summed E-state index contributed by atoms with van der Waals surface area (Å²) in [5.74, 6) is -0.395. The van der Waals surface area contributed by atoms with Crippen LogP contribution >= 0.6 is 0 Å². The van der Waals surface area contributed by atoms with Gasteiger partial charge in [0.1, 0.15) is 6.61 Å². The van der Waals surface area contributed by atoms with E-state index in [-0.39, 0.29) is 24.9 Å². The number of hydrogen-bond donors (Lipinski definition) is 1. The van der Waals surface area contributed by atoms with Crippen LogP contribution in [-0.2, 0) is 27.4 Å². The van der Waals surface area contributed by atoms with Crippen molar-refractivity contribution >= 4 is 17.6 Å². The summed E-state index contributed by atoms with van der Waals surface area (Å²) in [4.78, 5) is 22.8. The standard InChI is InChI=1S/C17H17NO3/c1-13(19)21-12-15-7-5-6-14(10-15)11-17(20)18-16-8-3-2-4-9-16/h2-10H,11-12H2,1H3,(H,18,20). The summed E-state index contributed by atoms with van der Waals surface area (Å²) in [6, 6.07) is 16.8. The van der Waals surface area contributed by atoms with Crippen molar-refractivity contribution < 1.29 is 14.3 Å². The monoisotopic (exact) mass is 283 g/mol. The minimum absolute atomic E-state index is 0.0779. The molecule has 0 bridgehead atoms. The number of rotatable bonds is 5. The predicted octanol–water partition coefficient (Wildman–Crippen LogP) is 2.93. The van der Waals surface area contributed by atoms with E-state index in [1.165, 1.54) is 6.92 Å². The minimum Gasteiger partial charge on any atom is -0.461 e. The number of anilines is 1. The molecule has 1 amide bonds. The van der Waals surface area contributed by atoms with Gasteiger partial charge in [-0.15, -0.1) is 0 Å². The van der Waals surface area contributed by atoms with E-state index in [4.69, 9.17) is 4.74 Å². The van der Waals surface area contributed by atoms with Gasteiger partial charge in [0.15, 0.2) is 0 Å². The Balaban J connectivity index is 1.94. The summed E-state index contributed by atoms with van der Waals surface area (Å²) in [6.07, 6.45) is 0.281. The molecule has 21 heavy (non-hydrogen) atoms. The third-order valence-corrected chi connectivity index (χ3v) is 2.86. The van der Waals surface area contributed by atoms with Crippen molar-refractivity contribution in [3.05, 3.63) is 65.7 Å². The van der Waals surface area contributed by atoms with Gasteiger partial charge in [-0.1, -0.05) is 42.5 Å². The average molecular weight is 283 g/mol. The Morgan fingerprint density at radius 3 is 2.43 bits per heavy atom. The second-order valence-corrected chi connectivity index (χ2v) is 4.69. The van der Waals surface area contributed by atoms with Gasteiger partial charge in [0, 0.05) is 12.6 Å². The zero-order valence-corrected chi connectivity index (χ0v) is 11.8. The summed E-state index contributed by atoms with van der Waals surface area (Å²) in [7, 11) is 0. The first-order valence-electron chi connectivity index (χ1n) is 6.69. The molecule has 108 valence electrons. The SMILES string of the molecule is CC(=O)OCc1cccc(CC(=O)Nc2ccccc2)c1. The second kappa shape index (κ2) is 7.24. The predicted molar refractivity (Wildman–Crippen MR) is 80.7 cm³/mol. The molecule has 0 fully saturated rings. The smallest absolute Gasteiger partial charge is 0.302 e. The number of esters is 1. The van der Waals surface area contributed by atoms with Gasteiger partial charge in [-0.25, -0.2) is 0 Å². The van der Waals surface area contributed by atoms with Crippen LogP contribution in [0.25, 0.3) is 0 Å². The number of carbonyl (C=O) groups is 2. The zero-order valence-electron chi connectivity index (χ0n) is 11.8. The largest absolute Gasteiger partial charge is 0.461 e. The van der Waals surface area contributed by atoms with E-state index < -0.39 is 0 Å². The molecule has 0 saturated carbocycles. The van der Waals surface area contributed by atoms with Crippen LogP contribution in [0.15, 0.2) is 54.6 Å². The Morgan fingerprint density at radius 1 is 1.00 bits per heavy atom. The Bertz CT molecular complexity index is 623. The zero-order chi connectivity index (χ0) is 15.1. The Morgan fingerprint density at radius 2 is 1.71 bits per heavy atom. The first-order valence-corrected chi connectivity index (χ1v) is 6.69. The van der Waals surface area contributed by atoms with Crippen molar-refractivity contribution in [2.75, 3.05) is 5.32 Å². The highest BCUT2D eigenvalue weighted by Gasteiger charge is 2.05. The van der Waals surface area contributed by atoms with Crippen molar-refractivity contribution in [2.45, 2.75) is 20.0 Å². The lowest BCUT2D eigenvalue weighted by Gasteiger charge is -2.07. The normalized spacial score (nSPS) is 9.95. The van der Waals surface area contributed by atoms with Crippen LogP contribution in [0.1, 0.15) is 18.1 Å². The fourth-order valence-corrected chi connectivity index (χ4v) is 1.93. The molecule has 4 nitrogen and oxygen atoms in total. The molecule has 2 aromatic rings. The number of nitrogens with one attached hydrogen (secondary N) is 1.